The van der Waals surface area contributed by atoms with Crippen LogP contribution in [0.25, 0.3) is 0 Å². The first-order valence-corrected chi connectivity index (χ1v) is 2.93. The summed E-state index contributed by atoms with van der Waals surface area (Å²) in [7, 11) is 0. The van der Waals surface area contributed by atoms with E-state index in [0.29, 0.717) is 6.42 Å². The quantitative estimate of drug-likeness (QED) is 0.465. The van der Waals surface area contributed by atoms with Gasteiger partial charge in [-0.15, -0.1) is 0 Å². The van der Waals surface area contributed by atoms with Crippen molar-refractivity contribution >= 4 is 17.8 Å². The van der Waals surface area contributed by atoms with Crippen molar-refractivity contribution < 1.29 is 24.6 Å². The number of primary amides is 1. The first-order valence-electron chi connectivity index (χ1n) is 2.93. The lowest BCUT2D eigenvalue weighted by Crippen LogP contribution is -2.43. The molecule has 6 heteroatoms. The Kier molecular flexibility index (Phi) is 2.78. The molecule has 0 rings (SSSR count). The van der Waals surface area contributed by atoms with Gasteiger partial charge in [-0.3, -0.25) is 14.4 Å². The molecular formula is C6H8NO5. The first-order chi connectivity index (χ1) is 5.30. The minimum atomic E-state index is -2.15. The molecule has 0 aromatic carbocycles. The summed E-state index contributed by atoms with van der Waals surface area (Å²) in [6, 6.07) is 0. The van der Waals surface area contributed by atoms with Crippen LogP contribution in [0.15, 0.2) is 0 Å². The normalized spacial score (nSPS) is 14.8. The highest BCUT2D eigenvalue weighted by Gasteiger charge is 2.42. The number of hydrogen-bond acceptors (Lipinski definition) is 3. The van der Waals surface area contributed by atoms with Crippen molar-refractivity contribution in [2.24, 2.45) is 11.1 Å². The number of hydrogen-bond donors (Lipinski definition) is 3. The number of carbonyl (C=O) groups excluding carboxylic acids is 1. The highest BCUT2D eigenvalue weighted by Crippen LogP contribution is 2.19. The van der Waals surface area contributed by atoms with Crippen molar-refractivity contribution in [3.8, 4) is 0 Å². The maximum absolute atomic E-state index is 10.5. The molecule has 0 aromatic rings. The third kappa shape index (κ3) is 1.94. The lowest BCUT2D eigenvalue weighted by atomic mass is 9.86. The average Bonchev–Trinajstić information content (AvgIpc) is 1.84. The Morgan fingerprint density at radius 2 is 1.75 bits per heavy atom. The molecule has 1 amide bonds. The van der Waals surface area contributed by atoms with Gasteiger partial charge in [0.2, 0.25) is 5.91 Å². The standard InChI is InChI=1S/C6H8NO5/c1-6(4(7)10,5(11)12)2-3(8)9/h2H,1H3,(H2,7,10)(H,8,9)(H,11,12). The van der Waals surface area contributed by atoms with E-state index < -0.39 is 23.3 Å². The van der Waals surface area contributed by atoms with Gasteiger partial charge in [-0.05, 0) is 6.92 Å². The second-order valence-corrected chi connectivity index (χ2v) is 2.35. The minimum absolute atomic E-state index is 0.345. The van der Waals surface area contributed by atoms with E-state index in [1.807, 2.05) is 0 Å². The van der Waals surface area contributed by atoms with Crippen LogP contribution in [0.2, 0.25) is 0 Å². The zero-order valence-electron chi connectivity index (χ0n) is 6.27. The van der Waals surface area contributed by atoms with Crippen molar-refractivity contribution in [3.05, 3.63) is 6.42 Å². The molecule has 1 atom stereocenters. The van der Waals surface area contributed by atoms with Crippen LogP contribution >= 0.6 is 0 Å². The zero-order chi connectivity index (χ0) is 9.94. The predicted molar refractivity (Wildman–Crippen MR) is 36.9 cm³/mol. The van der Waals surface area contributed by atoms with Crippen LogP contribution in [0.4, 0.5) is 0 Å². The number of aliphatic carboxylic acids is 2. The minimum Gasteiger partial charge on any atom is -0.481 e. The van der Waals surface area contributed by atoms with Gasteiger partial charge in [0.1, 0.15) is 0 Å². The van der Waals surface area contributed by atoms with Crippen molar-refractivity contribution in [1.29, 1.82) is 0 Å². The average molecular weight is 174 g/mol. The molecular weight excluding hydrogens is 166 g/mol. The number of nitrogens with two attached hydrogens (primary N) is 1. The van der Waals surface area contributed by atoms with Gasteiger partial charge in [0.05, 0.1) is 6.42 Å². The van der Waals surface area contributed by atoms with Gasteiger partial charge in [-0.2, -0.15) is 0 Å². The molecule has 0 aliphatic heterocycles. The molecule has 0 fully saturated rings. The Labute approximate surface area is 68.0 Å². The van der Waals surface area contributed by atoms with Gasteiger partial charge in [0, 0.05) is 0 Å². The van der Waals surface area contributed by atoms with Gasteiger partial charge >= 0.3 is 11.9 Å². The summed E-state index contributed by atoms with van der Waals surface area (Å²) >= 11 is 0. The topological polar surface area (TPSA) is 118 Å². The Morgan fingerprint density at radius 1 is 1.33 bits per heavy atom. The van der Waals surface area contributed by atoms with Crippen molar-refractivity contribution in [3.63, 3.8) is 0 Å². The fourth-order valence-corrected chi connectivity index (χ4v) is 0.485. The van der Waals surface area contributed by atoms with Crippen LogP contribution in [-0.2, 0) is 14.4 Å². The van der Waals surface area contributed by atoms with Crippen molar-refractivity contribution in [1.82, 2.24) is 0 Å². The largest absolute Gasteiger partial charge is 0.481 e. The van der Waals surface area contributed by atoms with Crippen molar-refractivity contribution in [2.45, 2.75) is 6.92 Å². The Hall–Kier alpha value is -1.59. The molecule has 0 heterocycles. The van der Waals surface area contributed by atoms with Crippen LogP contribution < -0.4 is 5.73 Å². The lowest BCUT2D eigenvalue weighted by Gasteiger charge is -2.16. The van der Waals surface area contributed by atoms with Gasteiger partial charge in [-0.25, -0.2) is 0 Å². The number of amides is 1. The molecule has 67 valence electrons. The van der Waals surface area contributed by atoms with E-state index >= 15 is 0 Å². The Morgan fingerprint density at radius 3 is 1.83 bits per heavy atom. The van der Waals surface area contributed by atoms with E-state index in [0.717, 1.165) is 6.92 Å². The SMILES string of the molecule is CC([CH]C(=O)O)(C(N)=O)C(=O)O. The fourth-order valence-electron chi connectivity index (χ4n) is 0.485. The van der Waals surface area contributed by atoms with E-state index in [1.165, 1.54) is 0 Å². The molecule has 12 heavy (non-hydrogen) atoms. The molecule has 1 unspecified atom stereocenters. The molecule has 1 radical (unpaired) electrons. The summed E-state index contributed by atoms with van der Waals surface area (Å²) in [5, 5.41) is 16.7. The molecule has 4 N–H and O–H groups in total. The molecule has 0 aromatic heterocycles. The fraction of sp³-hybridized carbons (Fsp3) is 0.333. The highest BCUT2D eigenvalue weighted by atomic mass is 16.4. The van der Waals surface area contributed by atoms with Gasteiger partial charge in [0.25, 0.3) is 0 Å². The van der Waals surface area contributed by atoms with Gasteiger partial charge < -0.3 is 15.9 Å². The third-order valence-corrected chi connectivity index (χ3v) is 1.37. The van der Waals surface area contributed by atoms with Crippen LogP contribution in [-0.4, -0.2) is 28.1 Å². The van der Waals surface area contributed by atoms with Crippen LogP contribution in [0.3, 0.4) is 0 Å². The van der Waals surface area contributed by atoms with Gasteiger partial charge in [-0.1, -0.05) is 0 Å². The smallest absolute Gasteiger partial charge is 0.319 e. The summed E-state index contributed by atoms with van der Waals surface area (Å²) in [6.45, 7) is 0.922. The third-order valence-electron chi connectivity index (χ3n) is 1.37. The van der Waals surface area contributed by atoms with E-state index in [1.54, 1.807) is 0 Å². The summed E-state index contributed by atoms with van der Waals surface area (Å²) in [5.74, 6) is -4.30. The zero-order valence-corrected chi connectivity index (χ0v) is 6.27. The molecule has 6 nitrogen and oxygen atoms in total. The molecule has 0 saturated heterocycles. The number of carboxylic acid groups (broad SMARTS) is 2. The van der Waals surface area contributed by atoms with E-state index in [2.05, 4.69) is 0 Å². The van der Waals surface area contributed by atoms with E-state index in [-0.39, 0.29) is 0 Å². The van der Waals surface area contributed by atoms with Crippen LogP contribution in [0.5, 0.6) is 0 Å². The van der Waals surface area contributed by atoms with E-state index in [9.17, 15) is 14.4 Å². The number of rotatable bonds is 4. The molecule has 0 bridgehead atoms. The summed E-state index contributed by atoms with van der Waals surface area (Å²) in [5.41, 5.74) is 2.56. The second kappa shape index (κ2) is 3.21. The number of carbonyl (C=O) groups is 3. The van der Waals surface area contributed by atoms with Crippen molar-refractivity contribution in [2.75, 3.05) is 0 Å². The molecule has 0 aliphatic carbocycles. The first kappa shape index (κ1) is 10.4. The summed E-state index contributed by atoms with van der Waals surface area (Å²) < 4.78 is 0. The lowest BCUT2D eigenvalue weighted by molar-refractivity contribution is -0.154. The van der Waals surface area contributed by atoms with E-state index in [4.69, 9.17) is 15.9 Å². The van der Waals surface area contributed by atoms with Crippen LogP contribution in [0, 0.1) is 11.8 Å². The highest BCUT2D eigenvalue weighted by molar-refractivity contribution is 6.06. The van der Waals surface area contributed by atoms with Gasteiger partial charge in [0.15, 0.2) is 5.41 Å². The monoisotopic (exact) mass is 174 g/mol. The summed E-state index contributed by atoms with van der Waals surface area (Å²) in [4.78, 5) is 31.0. The number of carboxylic acids is 2. The van der Waals surface area contributed by atoms with Crippen LogP contribution in [0.1, 0.15) is 6.92 Å². The molecule has 0 saturated carbocycles. The maximum Gasteiger partial charge on any atom is 0.319 e. The molecule has 0 aliphatic rings. The predicted octanol–water partition coefficient (Wildman–Crippen LogP) is -1.15. The Balaban J connectivity index is 4.75. The second-order valence-electron chi connectivity index (χ2n) is 2.35. The molecule has 0 spiro atoms. The Bertz CT molecular complexity index is 220. The maximum atomic E-state index is 10.5. The summed E-state index contributed by atoms with van der Waals surface area (Å²) in [6.07, 6.45) is 0.345.